The van der Waals surface area contributed by atoms with Crippen LogP contribution < -0.4 is 14.8 Å². The number of cyclic esters (lactones) is 1. The molecule has 2 amide bonds. The largest absolute Gasteiger partial charge is 0.493 e. The number of nitrogens with one attached hydrogen (secondary N) is 1. The molecule has 0 bridgehead atoms. The molecule has 0 spiro atoms. The Bertz CT molecular complexity index is 1080. The predicted molar refractivity (Wildman–Crippen MR) is 112 cm³/mol. The number of hydrogen-bond donors (Lipinski definition) is 1. The van der Waals surface area contributed by atoms with Crippen LogP contribution in [0.5, 0.6) is 11.5 Å². The molecule has 2 aromatic carbocycles. The predicted octanol–water partition coefficient (Wildman–Crippen LogP) is 3.12. The second kappa shape index (κ2) is 7.94. The Kier molecular flexibility index (Phi) is 5.31. The highest BCUT2D eigenvalue weighted by Crippen LogP contribution is 2.45. The molecular weight excluding hydrogens is 400 g/mol. The summed E-state index contributed by atoms with van der Waals surface area (Å²) in [4.78, 5) is 39.8. The number of carbonyl (C=O) groups is 3. The SMILES string of the molecule is COc1ccc2c(c1OC)C(=O)O[C@@H]2N1C(=O)CC[C@@H]1C(=O)Nc1ccc(C)cc1C. The molecule has 2 aromatic rings. The lowest BCUT2D eigenvalue weighted by Crippen LogP contribution is -2.44. The van der Waals surface area contributed by atoms with Gasteiger partial charge in [0.15, 0.2) is 11.5 Å². The van der Waals surface area contributed by atoms with Crippen LogP contribution in [0.4, 0.5) is 5.69 Å². The fraction of sp³-hybridized carbons (Fsp3) is 0.348. The van der Waals surface area contributed by atoms with Crippen LogP contribution >= 0.6 is 0 Å². The standard InChI is InChI=1S/C23H24N2O6/c1-12-5-7-15(13(2)11-12)24-21(27)16-8-10-18(26)25(16)22-14-6-9-17(29-3)20(30-4)19(14)23(28)31-22/h5-7,9,11,16,22H,8,10H2,1-4H3,(H,24,27)/t16-,22+/m1/s1. The smallest absolute Gasteiger partial charge is 0.344 e. The molecule has 2 atom stereocenters. The van der Waals surface area contributed by atoms with Crippen molar-refractivity contribution in [1.29, 1.82) is 0 Å². The van der Waals surface area contributed by atoms with Gasteiger partial charge in [0.05, 0.1) is 14.2 Å². The van der Waals surface area contributed by atoms with Crippen molar-refractivity contribution < 1.29 is 28.6 Å². The molecule has 0 radical (unpaired) electrons. The maximum atomic E-state index is 13.1. The zero-order valence-electron chi connectivity index (χ0n) is 17.9. The first-order valence-electron chi connectivity index (χ1n) is 10.0. The minimum atomic E-state index is -0.993. The fourth-order valence-electron chi connectivity index (χ4n) is 4.21. The van der Waals surface area contributed by atoms with Crippen LogP contribution in [-0.4, -0.2) is 42.9 Å². The highest BCUT2D eigenvalue weighted by atomic mass is 16.6. The van der Waals surface area contributed by atoms with Crippen molar-refractivity contribution in [3.63, 3.8) is 0 Å². The molecule has 4 rings (SSSR count). The molecule has 0 aromatic heterocycles. The second-order valence-corrected chi connectivity index (χ2v) is 7.69. The van der Waals surface area contributed by atoms with Crippen molar-refractivity contribution in [3.05, 3.63) is 52.6 Å². The monoisotopic (exact) mass is 424 g/mol. The number of aryl methyl sites for hydroxylation is 2. The summed E-state index contributed by atoms with van der Waals surface area (Å²) in [5.41, 5.74) is 3.39. The number of benzene rings is 2. The van der Waals surface area contributed by atoms with Crippen molar-refractivity contribution in [2.24, 2.45) is 0 Å². The molecule has 1 fully saturated rings. The fourth-order valence-corrected chi connectivity index (χ4v) is 4.21. The van der Waals surface area contributed by atoms with Crippen LogP contribution in [0.1, 0.15) is 46.1 Å². The Labute approximate surface area is 180 Å². The van der Waals surface area contributed by atoms with Gasteiger partial charge < -0.3 is 19.5 Å². The molecule has 31 heavy (non-hydrogen) atoms. The van der Waals surface area contributed by atoms with E-state index < -0.39 is 18.2 Å². The topological polar surface area (TPSA) is 94.2 Å². The number of esters is 1. The van der Waals surface area contributed by atoms with Gasteiger partial charge in [-0.2, -0.15) is 0 Å². The molecule has 0 aliphatic carbocycles. The molecular formula is C23H24N2O6. The third-order valence-corrected chi connectivity index (χ3v) is 5.72. The first-order chi connectivity index (χ1) is 14.8. The molecule has 0 saturated carbocycles. The Morgan fingerprint density at radius 2 is 1.90 bits per heavy atom. The van der Waals surface area contributed by atoms with Gasteiger partial charge in [0.2, 0.25) is 18.0 Å². The quantitative estimate of drug-likeness (QED) is 0.742. The van der Waals surface area contributed by atoms with Gasteiger partial charge in [0.1, 0.15) is 11.6 Å². The average molecular weight is 424 g/mol. The maximum absolute atomic E-state index is 13.1. The van der Waals surface area contributed by atoms with Crippen LogP contribution in [0.15, 0.2) is 30.3 Å². The minimum absolute atomic E-state index is 0.196. The minimum Gasteiger partial charge on any atom is -0.493 e. The highest BCUT2D eigenvalue weighted by Gasteiger charge is 2.47. The summed E-state index contributed by atoms with van der Waals surface area (Å²) in [7, 11) is 2.90. The molecule has 1 N–H and O–H groups in total. The third kappa shape index (κ3) is 3.48. The lowest BCUT2D eigenvalue weighted by Gasteiger charge is -2.29. The van der Waals surface area contributed by atoms with Gasteiger partial charge in [0.25, 0.3) is 0 Å². The van der Waals surface area contributed by atoms with Crippen molar-refractivity contribution in [2.45, 2.75) is 39.0 Å². The number of rotatable bonds is 5. The summed E-state index contributed by atoms with van der Waals surface area (Å²) in [6.45, 7) is 3.89. The second-order valence-electron chi connectivity index (χ2n) is 7.69. The summed E-state index contributed by atoms with van der Waals surface area (Å²) in [5, 5.41) is 2.91. The van der Waals surface area contributed by atoms with Gasteiger partial charge >= 0.3 is 5.97 Å². The molecule has 2 aliphatic rings. The Morgan fingerprint density at radius 3 is 2.58 bits per heavy atom. The van der Waals surface area contributed by atoms with Gasteiger partial charge in [-0.1, -0.05) is 17.7 Å². The number of likely N-dealkylation sites (tertiary alicyclic amines) is 1. The molecule has 8 heteroatoms. The first-order valence-corrected chi connectivity index (χ1v) is 10.0. The van der Waals surface area contributed by atoms with E-state index in [1.54, 1.807) is 12.1 Å². The highest BCUT2D eigenvalue weighted by molar-refractivity contribution is 6.01. The van der Waals surface area contributed by atoms with Crippen molar-refractivity contribution in [2.75, 3.05) is 19.5 Å². The molecule has 2 aliphatic heterocycles. The Hall–Kier alpha value is -3.55. The van der Waals surface area contributed by atoms with E-state index in [4.69, 9.17) is 14.2 Å². The number of carbonyl (C=O) groups excluding carboxylic acids is 3. The number of nitrogens with zero attached hydrogens (tertiary/aromatic N) is 1. The van der Waals surface area contributed by atoms with Gasteiger partial charge in [0, 0.05) is 17.7 Å². The number of ether oxygens (including phenoxy) is 3. The Balaban J connectivity index is 1.65. The number of anilines is 1. The number of fused-ring (bicyclic) bond motifs is 1. The van der Waals surface area contributed by atoms with Gasteiger partial charge in [-0.25, -0.2) is 4.79 Å². The van der Waals surface area contributed by atoms with E-state index in [1.807, 2.05) is 32.0 Å². The number of hydrogen-bond acceptors (Lipinski definition) is 6. The number of amides is 2. The molecule has 0 unspecified atom stereocenters. The summed E-state index contributed by atoms with van der Waals surface area (Å²) in [5.74, 6) is -0.556. The molecule has 1 saturated heterocycles. The van der Waals surface area contributed by atoms with E-state index in [1.165, 1.54) is 19.1 Å². The lowest BCUT2D eigenvalue weighted by atomic mass is 10.0. The third-order valence-electron chi connectivity index (χ3n) is 5.72. The van der Waals surface area contributed by atoms with Crippen molar-refractivity contribution in [3.8, 4) is 11.5 Å². The van der Waals surface area contributed by atoms with Crippen molar-refractivity contribution in [1.82, 2.24) is 4.90 Å². The van der Waals surface area contributed by atoms with E-state index in [-0.39, 0.29) is 29.5 Å². The number of methoxy groups -OCH3 is 2. The molecule has 2 heterocycles. The zero-order valence-corrected chi connectivity index (χ0v) is 17.9. The normalized spacial score (nSPS) is 19.8. The van der Waals surface area contributed by atoms with Crippen molar-refractivity contribution >= 4 is 23.5 Å². The van der Waals surface area contributed by atoms with E-state index in [0.29, 0.717) is 23.4 Å². The summed E-state index contributed by atoms with van der Waals surface area (Å²) < 4.78 is 16.2. The van der Waals surface area contributed by atoms with E-state index in [9.17, 15) is 14.4 Å². The van der Waals surface area contributed by atoms with Crippen LogP contribution in [-0.2, 0) is 14.3 Å². The van der Waals surface area contributed by atoms with Gasteiger partial charge in [-0.15, -0.1) is 0 Å². The van der Waals surface area contributed by atoms with Crippen LogP contribution in [0.3, 0.4) is 0 Å². The molecule has 8 nitrogen and oxygen atoms in total. The van der Waals surface area contributed by atoms with E-state index in [0.717, 1.165) is 11.1 Å². The molecule has 162 valence electrons. The van der Waals surface area contributed by atoms with Crippen LogP contribution in [0.25, 0.3) is 0 Å². The average Bonchev–Trinajstić information content (AvgIpc) is 3.29. The van der Waals surface area contributed by atoms with E-state index in [2.05, 4.69) is 5.32 Å². The maximum Gasteiger partial charge on any atom is 0.344 e. The summed E-state index contributed by atoms with van der Waals surface area (Å²) in [6, 6.07) is 8.28. The summed E-state index contributed by atoms with van der Waals surface area (Å²) in [6.07, 6.45) is -0.458. The van der Waals surface area contributed by atoms with E-state index >= 15 is 0 Å². The summed E-state index contributed by atoms with van der Waals surface area (Å²) >= 11 is 0. The van der Waals surface area contributed by atoms with Gasteiger partial charge in [-0.05, 0) is 44.0 Å². The van der Waals surface area contributed by atoms with Crippen LogP contribution in [0.2, 0.25) is 0 Å². The Morgan fingerprint density at radius 1 is 1.13 bits per heavy atom. The lowest BCUT2D eigenvalue weighted by molar-refractivity contribution is -0.144. The van der Waals surface area contributed by atoms with Crippen LogP contribution in [0, 0.1) is 13.8 Å². The first kappa shape index (κ1) is 20.7. The van der Waals surface area contributed by atoms with Gasteiger partial charge in [-0.3, -0.25) is 14.5 Å². The zero-order chi connectivity index (χ0) is 22.3.